The van der Waals surface area contributed by atoms with Crippen molar-refractivity contribution >= 4 is 5.91 Å². The van der Waals surface area contributed by atoms with Gasteiger partial charge in [-0.1, -0.05) is 0 Å². The lowest BCUT2D eigenvalue weighted by molar-refractivity contribution is -0.131. The smallest absolute Gasteiger partial charge is 0.223 e. The lowest BCUT2D eigenvalue weighted by Gasteiger charge is -2.32. The van der Waals surface area contributed by atoms with E-state index < -0.39 is 0 Å². The normalized spacial score (nSPS) is 25.5. The Labute approximate surface area is 132 Å². The molecule has 0 saturated carbocycles. The average Bonchev–Trinajstić information content (AvgIpc) is 2.80. The predicted octanol–water partition coefficient (Wildman–Crippen LogP) is 1.88. The van der Waals surface area contributed by atoms with Crippen molar-refractivity contribution < 1.29 is 4.79 Å². The summed E-state index contributed by atoms with van der Waals surface area (Å²) in [6.07, 6.45) is 9.97. The van der Waals surface area contributed by atoms with E-state index >= 15 is 0 Å². The number of carbonyl (C=O) groups excluding carboxylic acids is 1. The van der Waals surface area contributed by atoms with Crippen LogP contribution in [0.15, 0.2) is 18.6 Å². The van der Waals surface area contributed by atoms with Crippen LogP contribution in [0, 0.1) is 0 Å². The zero-order valence-electron chi connectivity index (χ0n) is 13.6. The van der Waals surface area contributed by atoms with E-state index in [2.05, 4.69) is 33.6 Å². The van der Waals surface area contributed by atoms with Gasteiger partial charge in [-0.25, -0.2) is 0 Å². The monoisotopic (exact) mass is 302 g/mol. The number of aromatic nitrogens is 2. The molecule has 3 rings (SSSR count). The molecule has 0 aliphatic carbocycles. The molecule has 0 spiro atoms. The second kappa shape index (κ2) is 6.73. The fraction of sp³-hybridized carbons (Fsp3) is 0.706. The van der Waals surface area contributed by atoms with Gasteiger partial charge in [0.25, 0.3) is 0 Å². The Hall–Kier alpha value is -1.49. The highest BCUT2D eigenvalue weighted by atomic mass is 16.2. The van der Waals surface area contributed by atoms with Crippen LogP contribution in [0.5, 0.6) is 0 Å². The number of nitrogens with zero attached hydrogens (tertiary/aromatic N) is 4. The van der Waals surface area contributed by atoms with Crippen LogP contribution in [-0.2, 0) is 11.2 Å². The minimum atomic E-state index is 0.266. The lowest BCUT2D eigenvalue weighted by atomic mass is 10.1. The topological polar surface area (TPSA) is 49.3 Å². The van der Waals surface area contributed by atoms with Crippen molar-refractivity contribution in [1.82, 2.24) is 19.8 Å². The molecule has 2 aliphatic rings. The SMILES string of the molecule is CC(C)N1[C@H]2CC[C@H]1CN(C(=O)CCc1cnccn1)CC2. The maximum atomic E-state index is 12.5. The molecule has 2 saturated heterocycles. The summed E-state index contributed by atoms with van der Waals surface area (Å²) in [5, 5.41) is 0. The van der Waals surface area contributed by atoms with E-state index in [1.807, 2.05) is 0 Å². The molecule has 2 aliphatic heterocycles. The number of aryl methyl sites for hydroxylation is 1. The van der Waals surface area contributed by atoms with Gasteiger partial charge in [0, 0.05) is 56.2 Å². The molecule has 120 valence electrons. The van der Waals surface area contributed by atoms with E-state index in [0.717, 1.165) is 25.2 Å². The van der Waals surface area contributed by atoms with Gasteiger partial charge in [0.05, 0.1) is 5.69 Å². The molecule has 2 bridgehead atoms. The minimum Gasteiger partial charge on any atom is -0.341 e. The van der Waals surface area contributed by atoms with E-state index in [9.17, 15) is 4.79 Å². The van der Waals surface area contributed by atoms with Crippen molar-refractivity contribution in [3.05, 3.63) is 24.3 Å². The lowest BCUT2D eigenvalue weighted by Crippen LogP contribution is -2.44. The summed E-state index contributed by atoms with van der Waals surface area (Å²) in [6, 6.07) is 1.79. The van der Waals surface area contributed by atoms with E-state index in [0.29, 0.717) is 31.0 Å². The van der Waals surface area contributed by atoms with Crippen molar-refractivity contribution in [3.63, 3.8) is 0 Å². The van der Waals surface area contributed by atoms with Crippen LogP contribution < -0.4 is 0 Å². The first-order valence-corrected chi connectivity index (χ1v) is 8.45. The van der Waals surface area contributed by atoms with Gasteiger partial charge in [-0.15, -0.1) is 0 Å². The van der Waals surface area contributed by atoms with E-state index in [4.69, 9.17) is 0 Å². The second-order valence-corrected chi connectivity index (χ2v) is 6.75. The van der Waals surface area contributed by atoms with Gasteiger partial charge in [0.15, 0.2) is 0 Å². The Morgan fingerprint density at radius 3 is 2.82 bits per heavy atom. The summed E-state index contributed by atoms with van der Waals surface area (Å²) in [5.41, 5.74) is 0.899. The van der Waals surface area contributed by atoms with Crippen LogP contribution in [0.25, 0.3) is 0 Å². The Balaban J connectivity index is 1.58. The molecule has 22 heavy (non-hydrogen) atoms. The maximum absolute atomic E-state index is 12.5. The molecule has 0 aromatic carbocycles. The molecular weight excluding hydrogens is 276 g/mol. The molecule has 2 fully saturated rings. The van der Waals surface area contributed by atoms with Crippen molar-refractivity contribution in [1.29, 1.82) is 0 Å². The van der Waals surface area contributed by atoms with Crippen LogP contribution in [0.1, 0.15) is 45.2 Å². The van der Waals surface area contributed by atoms with Gasteiger partial charge in [0.2, 0.25) is 5.91 Å². The molecular formula is C17H26N4O. The molecule has 1 amide bonds. The van der Waals surface area contributed by atoms with Gasteiger partial charge in [-0.05, 0) is 39.5 Å². The maximum Gasteiger partial charge on any atom is 0.223 e. The first-order chi connectivity index (χ1) is 10.6. The minimum absolute atomic E-state index is 0.266. The van der Waals surface area contributed by atoms with Gasteiger partial charge >= 0.3 is 0 Å². The average molecular weight is 302 g/mol. The zero-order chi connectivity index (χ0) is 15.5. The molecule has 0 N–H and O–H groups in total. The van der Waals surface area contributed by atoms with Gasteiger partial charge in [-0.2, -0.15) is 0 Å². The second-order valence-electron chi connectivity index (χ2n) is 6.75. The van der Waals surface area contributed by atoms with Crippen LogP contribution in [0.3, 0.4) is 0 Å². The predicted molar refractivity (Wildman–Crippen MR) is 85.3 cm³/mol. The first-order valence-electron chi connectivity index (χ1n) is 8.45. The molecule has 5 nitrogen and oxygen atoms in total. The Bertz CT molecular complexity index is 505. The van der Waals surface area contributed by atoms with Crippen molar-refractivity contribution in [2.24, 2.45) is 0 Å². The number of rotatable bonds is 4. The zero-order valence-corrected chi connectivity index (χ0v) is 13.6. The summed E-state index contributed by atoms with van der Waals surface area (Å²) in [7, 11) is 0. The van der Waals surface area contributed by atoms with Crippen LogP contribution in [0.4, 0.5) is 0 Å². The number of likely N-dealkylation sites (tertiary alicyclic amines) is 1. The Morgan fingerprint density at radius 2 is 2.09 bits per heavy atom. The van der Waals surface area contributed by atoms with E-state index in [1.54, 1.807) is 18.6 Å². The van der Waals surface area contributed by atoms with Crippen molar-refractivity contribution in [2.45, 2.75) is 64.1 Å². The van der Waals surface area contributed by atoms with E-state index in [1.165, 1.54) is 12.8 Å². The molecule has 2 atom stereocenters. The molecule has 1 aromatic heterocycles. The van der Waals surface area contributed by atoms with Gasteiger partial charge < -0.3 is 4.90 Å². The summed E-state index contributed by atoms with van der Waals surface area (Å²) >= 11 is 0. The summed E-state index contributed by atoms with van der Waals surface area (Å²) in [5.74, 6) is 0.266. The summed E-state index contributed by atoms with van der Waals surface area (Å²) < 4.78 is 0. The highest BCUT2D eigenvalue weighted by molar-refractivity contribution is 5.76. The molecule has 0 radical (unpaired) electrons. The molecule has 1 aromatic rings. The number of fused-ring (bicyclic) bond motifs is 2. The third-order valence-corrected chi connectivity index (χ3v) is 5.00. The number of hydrogen-bond acceptors (Lipinski definition) is 4. The van der Waals surface area contributed by atoms with Crippen molar-refractivity contribution in [2.75, 3.05) is 13.1 Å². The Kier molecular flexibility index (Phi) is 4.71. The third-order valence-electron chi connectivity index (χ3n) is 5.00. The van der Waals surface area contributed by atoms with Crippen LogP contribution in [-0.4, -0.2) is 56.9 Å². The number of carbonyl (C=O) groups is 1. The van der Waals surface area contributed by atoms with Crippen LogP contribution in [0.2, 0.25) is 0 Å². The first kappa shape index (κ1) is 15.4. The van der Waals surface area contributed by atoms with Crippen molar-refractivity contribution in [3.8, 4) is 0 Å². The highest BCUT2D eigenvalue weighted by Crippen LogP contribution is 2.32. The van der Waals surface area contributed by atoms with E-state index in [-0.39, 0.29) is 5.91 Å². The fourth-order valence-electron chi connectivity index (χ4n) is 4.03. The highest BCUT2D eigenvalue weighted by Gasteiger charge is 2.39. The Morgan fingerprint density at radius 1 is 1.27 bits per heavy atom. The molecule has 5 heteroatoms. The summed E-state index contributed by atoms with van der Waals surface area (Å²) in [4.78, 5) is 25.6. The quantitative estimate of drug-likeness (QED) is 0.852. The standard InChI is InChI=1S/C17H26N4O/c1-13(2)21-15-4-5-16(21)12-20(10-7-15)17(22)6-3-14-11-18-8-9-19-14/h8-9,11,13,15-16H,3-7,10,12H2,1-2H3/t15-,16-/m0/s1. The van der Waals surface area contributed by atoms with Gasteiger partial charge in [-0.3, -0.25) is 19.7 Å². The number of amides is 1. The molecule has 0 unspecified atom stereocenters. The third kappa shape index (κ3) is 3.29. The fourth-order valence-corrected chi connectivity index (χ4v) is 4.03. The number of hydrogen-bond donors (Lipinski definition) is 0. The summed E-state index contributed by atoms with van der Waals surface area (Å²) in [6.45, 7) is 6.35. The largest absolute Gasteiger partial charge is 0.341 e. The van der Waals surface area contributed by atoms with Crippen LogP contribution >= 0.6 is 0 Å². The molecule has 3 heterocycles. The van der Waals surface area contributed by atoms with Gasteiger partial charge in [0.1, 0.15) is 0 Å².